The normalized spacial score (nSPS) is 11.1. The van der Waals surface area contributed by atoms with Crippen LogP contribution in [0.25, 0.3) is 16.7 Å². The highest BCUT2D eigenvalue weighted by Crippen LogP contribution is 2.15. The van der Waals surface area contributed by atoms with Gasteiger partial charge in [-0.3, -0.25) is 0 Å². The van der Waals surface area contributed by atoms with Crippen LogP contribution in [0.15, 0.2) is 37.1 Å². The second kappa shape index (κ2) is 4.05. The van der Waals surface area contributed by atoms with Gasteiger partial charge in [-0.25, -0.2) is 9.97 Å². The molecule has 0 aliphatic rings. The first kappa shape index (κ1) is 10.1. The summed E-state index contributed by atoms with van der Waals surface area (Å²) in [6, 6.07) is 6.16. The largest absolute Gasteiger partial charge is 0.345 e. The van der Waals surface area contributed by atoms with E-state index in [9.17, 15) is 0 Å². The molecular formula is C13H14N4. The van der Waals surface area contributed by atoms with Crippen LogP contribution in [0.3, 0.4) is 0 Å². The topological polar surface area (TPSA) is 46.5 Å². The molecule has 3 aromatic rings. The zero-order chi connectivity index (χ0) is 11.7. The molecule has 3 rings (SSSR count). The standard InChI is InChI=1S/C13H14N4/c1-2-3-10-7-17(9-16-10)11-4-5-12-13(6-11)15-8-14-12/h4-9H,2-3H2,1H3,(H,14,15). The predicted molar refractivity (Wildman–Crippen MR) is 67.2 cm³/mol. The average Bonchev–Trinajstić information content (AvgIpc) is 2.96. The van der Waals surface area contributed by atoms with Gasteiger partial charge in [0.15, 0.2) is 0 Å². The second-order valence-electron chi connectivity index (χ2n) is 4.13. The fourth-order valence-corrected chi connectivity index (χ4v) is 1.97. The van der Waals surface area contributed by atoms with E-state index in [0.29, 0.717) is 0 Å². The monoisotopic (exact) mass is 226 g/mol. The molecule has 0 unspecified atom stereocenters. The van der Waals surface area contributed by atoms with Gasteiger partial charge < -0.3 is 9.55 Å². The number of aromatic nitrogens is 4. The molecule has 0 bridgehead atoms. The van der Waals surface area contributed by atoms with Crippen LogP contribution in [0, 0.1) is 0 Å². The molecule has 0 saturated heterocycles. The molecule has 0 fully saturated rings. The zero-order valence-electron chi connectivity index (χ0n) is 9.72. The van der Waals surface area contributed by atoms with E-state index < -0.39 is 0 Å². The Bertz CT molecular complexity index is 635. The number of fused-ring (bicyclic) bond motifs is 1. The van der Waals surface area contributed by atoms with Crippen LogP contribution in [-0.2, 0) is 6.42 Å². The fourth-order valence-electron chi connectivity index (χ4n) is 1.97. The molecular weight excluding hydrogens is 212 g/mol. The van der Waals surface area contributed by atoms with Crippen molar-refractivity contribution >= 4 is 11.0 Å². The minimum atomic E-state index is 0.980. The Balaban J connectivity index is 2.00. The molecule has 2 heterocycles. The Hall–Kier alpha value is -2.10. The number of H-pyrrole nitrogens is 1. The third kappa shape index (κ3) is 1.82. The molecule has 2 aromatic heterocycles. The number of aryl methyl sites for hydroxylation is 1. The van der Waals surface area contributed by atoms with Crippen molar-refractivity contribution in [3.8, 4) is 5.69 Å². The number of nitrogens with zero attached hydrogens (tertiary/aromatic N) is 3. The molecule has 0 amide bonds. The third-order valence-corrected chi connectivity index (χ3v) is 2.85. The van der Waals surface area contributed by atoms with Crippen molar-refractivity contribution in [3.63, 3.8) is 0 Å². The van der Waals surface area contributed by atoms with Gasteiger partial charge in [0.2, 0.25) is 0 Å². The third-order valence-electron chi connectivity index (χ3n) is 2.85. The second-order valence-corrected chi connectivity index (χ2v) is 4.13. The first-order valence-electron chi connectivity index (χ1n) is 5.83. The summed E-state index contributed by atoms with van der Waals surface area (Å²) in [5.41, 5.74) is 4.27. The highest BCUT2D eigenvalue weighted by Gasteiger charge is 2.02. The maximum Gasteiger partial charge on any atom is 0.0995 e. The Kier molecular flexibility index (Phi) is 2.40. The van der Waals surface area contributed by atoms with Crippen LogP contribution in [0.1, 0.15) is 19.0 Å². The molecule has 4 heteroatoms. The van der Waals surface area contributed by atoms with Crippen LogP contribution in [0.5, 0.6) is 0 Å². The van der Waals surface area contributed by atoms with Crippen molar-refractivity contribution in [2.45, 2.75) is 19.8 Å². The van der Waals surface area contributed by atoms with Gasteiger partial charge in [0.05, 0.1) is 29.4 Å². The predicted octanol–water partition coefficient (Wildman–Crippen LogP) is 2.70. The minimum absolute atomic E-state index is 0.980. The van der Waals surface area contributed by atoms with Gasteiger partial charge in [-0.1, -0.05) is 13.3 Å². The number of rotatable bonds is 3. The van der Waals surface area contributed by atoms with Gasteiger partial charge in [0, 0.05) is 11.9 Å². The molecule has 0 aliphatic heterocycles. The molecule has 4 nitrogen and oxygen atoms in total. The average molecular weight is 226 g/mol. The van der Waals surface area contributed by atoms with Gasteiger partial charge in [-0.2, -0.15) is 0 Å². The van der Waals surface area contributed by atoms with E-state index >= 15 is 0 Å². The van der Waals surface area contributed by atoms with Crippen LogP contribution in [0.4, 0.5) is 0 Å². The zero-order valence-corrected chi connectivity index (χ0v) is 9.72. The number of benzene rings is 1. The Labute approximate surface area is 99.3 Å². The van der Waals surface area contributed by atoms with Gasteiger partial charge in [0.25, 0.3) is 0 Å². The van der Waals surface area contributed by atoms with Gasteiger partial charge in [0.1, 0.15) is 0 Å². The minimum Gasteiger partial charge on any atom is -0.345 e. The first-order chi connectivity index (χ1) is 8.36. The SMILES string of the molecule is CCCc1cn(-c2ccc3[nH]cnc3c2)cn1. The Morgan fingerprint density at radius 1 is 1.29 bits per heavy atom. The summed E-state index contributed by atoms with van der Waals surface area (Å²) in [5.74, 6) is 0. The molecule has 0 atom stereocenters. The summed E-state index contributed by atoms with van der Waals surface area (Å²) < 4.78 is 2.04. The summed E-state index contributed by atoms with van der Waals surface area (Å²) in [4.78, 5) is 11.7. The molecule has 17 heavy (non-hydrogen) atoms. The smallest absolute Gasteiger partial charge is 0.0995 e. The molecule has 0 saturated carbocycles. The van der Waals surface area contributed by atoms with Crippen LogP contribution < -0.4 is 0 Å². The molecule has 1 N–H and O–H groups in total. The maximum atomic E-state index is 4.38. The Morgan fingerprint density at radius 2 is 2.24 bits per heavy atom. The van der Waals surface area contributed by atoms with Crippen molar-refractivity contribution < 1.29 is 0 Å². The van der Waals surface area contributed by atoms with Crippen LogP contribution >= 0.6 is 0 Å². The highest BCUT2D eigenvalue weighted by atomic mass is 15.0. The van der Waals surface area contributed by atoms with Crippen molar-refractivity contribution in [1.29, 1.82) is 0 Å². The van der Waals surface area contributed by atoms with Crippen LogP contribution in [0.2, 0.25) is 0 Å². The molecule has 0 radical (unpaired) electrons. The maximum absolute atomic E-state index is 4.38. The summed E-state index contributed by atoms with van der Waals surface area (Å²) >= 11 is 0. The molecule has 86 valence electrons. The molecule has 1 aromatic carbocycles. The van der Waals surface area contributed by atoms with E-state index in [2.05, 4.69) is 40.2 Å². The van der Waals surface area contributed by atoms with E-state index in [1.54, 1.807) is 6.33 Å². The number of hydrogen-bond acceptors (Lipinski definition) is 2. The van der Waals surface area contributed by atoms with E-state index in [0.717, 1.165) is 35.3 Å². The first-order valence-corrected chi connectivity index (χ1v) is 5.83. The Morgan fingerprint density at radius 3 is 3.12 bits per heavy atom. The van der Waals surface area contributed by atoms with Crippen molar-refractivity contribution in [3.05, 3.63) is 42.7 Å². The van der Waals surface area contributed by atoms with Crippen molar-refractivity contribution in [2.75, 3.05) is 0 Å². The fraction of sp³-hybridized carbons (Fsp3) is 0.231. The van der Waals surface area contributed by atoms with Gasteiger partial charge >= 0.3 is 0 Å². The highest BCUT2D eigenvalue weighted by molar-refractivity contribution is 5.76. The lowest BCUT2D eigenvalue weighted by atomic mass is 10.2. The number of nitrogens with one attached hydrogen (secondary N) is 1. The van der Waals surface area contributed by atoms with Crippen molar-refractivity contribution in [2.24, 2.45) is 0 Å². The summed E-state index contributed by atoms with van der Waals surface area (Å²) in [5, 5.41) is 0. The van der Waals surface area contributed by atoms with E-state index in [1.165, 1.54) is 0 Å². The molecule has 0 spiro atoms. The molecule has 0 aliphatic carbocycles. The van der Waals surface area contributed by atoms with E-state index in [1.807, 2.05) is 17.0 Å². The lowest BCUT2D eigenvalue weighted by Gasteiger charge is -2.00. The number of imidazole rings is 2. The van der Waals surface area contributed by atoms with Gasteiger partial charge in [-0.15, -0.1) is 0 Å². The van der Waals surface area contributed by atoms with Gasteiger partial charge in [-0.05, 0) is 24.6 Å². The number of hydrogen-bond donors (Lipinski definition) is 1. The van der Waals surface area contributed by atoms with Crippen molar-refractivity contribution in [1.82, 2.24) is 19.5 Å². The summed E-state index contributed by atoms with van der Waals surface area (Å²) in [6.45, 7) is 2.16. The number of aromatic amines is 1. The quantitative estimate of drug-likeness (QED) is 0.746. The van der Waals surface area contributed by atoms with Crippen LogP contribution in [-0.4, -0.2) is 19.5 Å². The summed E-state index contributed by atoms with van der Waals surface area (Å²) in [7, 11) is 0. The van der Waals surface area contributed by atoms with E-state index in [-0.39, 0.29) is 0 Å². The summed E-state index contributed by atoms with van der Waals surface area (Å²) in [6.07, 6.45) is 7.80. The lowest BCUT2D eigenvalue weighted by molar-refractivity contribution is 0.891. The van der Waals surface area contributed by atoms with E-state index in [4.69, 9.17) is 0 Å². The lowest BCUT2D eigenvalue weighted by Crippen LogP contribution is -1.89.